The van der Waals surface area contributed by atoms with Crippen molar-refractivity contribution in [2.24, 2.45) is 7.05 Å². The minimum atomic E-state index is -0.197. The van der Waals surface area contributed by atoms with Crippen molar-refractivity contribution in [3.8, 4) is 5.88 Å². The van der Waals surface area contributed by atoms with Crippen molar-refractivity contribution >= 4 is 11.7 Å². The van der Waals surface area contributed by atoms with Crippen LogP contribution in [0.15, 0.2) is 12.3 Å². The highest BCUT2D eigenvalue weighted by Gasteiger charge is 2.08. The molecule has 2 N–H and O–H groups in total. The largest absolute Gasteiger partial charge is 0.480 e. The van der Waals surface area contributed by atoms with E-state index in [0.29, 0.717) is 17.4 Å². The minimum Gasteiger partial charge on any atom is -0.480 e. The Morgan fingerprint density at radius 1 is 1.65 bits per heavy atom. The van der Waals surface area contributed by atoms with Crippen LogP contribution in [-0.4, -0.2) is 38.2 Å². The van der Waals surface area contributed by atoms with Crippen LogP contribution in [0, 0.1) is 0 Å². The van der Waals surface area contributed by atoms with E-state index in [1.807, 2.05) is 0 Å². The van der Waals surface area contributed by atoms with Gasteiger partial charge in [0, 0.05) is 19.3 Å². The third kappa shape index (κ3) is 2.80. The van der Waals surface area contributed by atoms with E-state index < -0.39 is 0 Å². The summed E-state index contributed by atoms with van der Waals surface area (Å²) in [5.74, 6) is 0.701. The number of anilines is 1. The molecule has 0 spiro atoms. The van der Waals surface area contributed by atoms with E-state index >= 15 is 0 Å². The topological polar surface area (TPSA) is 97.7 Å². The molecule has 2 rings (SSSR count). The van der Waals surface area contributed by atoms with E-state index in [1.54, 1.807) is 24.0 Å². The Bertz CT molecular complexity index is 517. The number of aromatic amines is 1. The number of H-pyrrole nitrogens is 1. The Balaban J connectivity index is 1.93. The summed E-state index contributed by atoms with van der Waals surface area (Å²) in [6.07, 6.45) is 1.85. The predicted molar refractivity (Wildman–Crippen MR) is 58.5 cm³/mol. The number of carbonyl (C=O) groups excluding carboxylic acids is 1. The number of aryl methyl sites for hydroxylation is 1. The summed E-state index contributed by atoms with van der Waals surface area (Å²) in [6.45, 7) is 0. The quantitative estimate of drug-likeness (QED) is 0.761. The van der Waals surface area contributed by atoms with Crippen LogP contribution in [0.25, 0.3) is 0 Å². The number of hydrogen-bond donors (Lipinski definition) is 2. The number of aromatic nitrogens is 5. The van der Waals surface area contributed by atoms with E-state index in [9.17, 15) is 4.79 Å². The van der Waals surface area contributed by atoms with Gasteiger partial charge in [0.25, 0.3) is 0 Å². The van der Waals surface area contributed by atoms with Crippen molar-refractivity contribution in [3.05, 3.63) is 18.0 Å². The molecule has 2 heterocycles. The molecule has 0 atom stereocenters. The number of nitrogens with one attached hydrogen (secondary N) is 2. The van der Waals surface area contributed by atoms with E-state index in [2.05, 4.69) is 25.8 Å². The van der Waals surface area contributed by atoms with Crippen LogP contribution in [0.4, 0.5) is 5.82 Å². The van der Waals surface area contributed by atoms with Crippen molar-refractivity contribution in [2.75, 3.05) is 12.4 Å². The number of rotatable bonds is 4. The zero-order valence-electron chi connectivity index (χ0n) is 9.47. The summed E-state index contributed by atoms with van der Waals surface area (Å²) < 4.78 is 6.42. The smallest absolute Gasteiger partial charge is 0.234 e. The first-order valence-corrected chi connectivity index (χ1v) is 4.92. The average molecular weight is 236 g/mol. The lowest BCUT2D eigenvalue weighted by molar-refractivity contribution is -0.115. The molecular weight excluding hydrogens is 224 g/mol. The van der Waals surface area contributed by atoms with Gasteiger partial charge >= 0.3 is 0 Å². The highest BCUT2D eigenvalue weighted by Crippen LogP contribution is 2.11. The zero-order chi connectivity index (χ0) is 12.3. The van der Waals surface area contributed by atoms with Crippen molar-refractivity contribution in [2.45, 2.75) is 6.42 Å². The summed E-state index contributed by atoms with van der Waals surface area (Å²) in [5.41, 5.74) is 0.608. The lowest BCUT2D eigenvalue weighted by Gasteiger charge is -1.98. The second-order valence-electron chi connectivity index (χ2n) is 3.43. The molecule has 0 bridgehead atoms. The van der Waals surface area contributed by atoms with E-state index in [-0.39, 0.29) is 12.3 Å². The molecule has 0 aliphatic rings. The molecule has 2 aromatic rings. The highest BCUT2D eigenvalue weighted by molar-refractivity contribution is 5.91. The van der Waals surface area contributed by atoms with Crippen LogP contribution >= 0.6 is 0 Å². The average Bonchev–Trinajstić information content (AvgIpc) is 2.88. The van der Waals surface area contributed by atoms with Crippen LogP contribution in [0.2, 0.25) is 0 Å². The maximum absolute atomic E-state index is 11.6. The zero-order valence-corrected chi connectivity index (χ0v) is 9.47. The molecule has 8 heteroatoms. The first kappa shape index (κ1) is 11.1. The summed E-state index contributed by atoms with van der Waals surface area (Å²) in [6, 6.07) is 1.59. The second-order valence-corrected chi connectivity index (χ2v) is 3.43. The molecule has 1 amide bonds. The van der Waals surface area contributed by atoms with Crippen molar-refractivity contribution in [3.63, 3.8) is 0 Å². The highest BCUT2D eigenvalue weighted by atomic mass is 16.5. The molecule has 0 fully saturated rings. The first-order valence-electron chi connectivity index (χ1n) is 4.92. The van der Waals surface area contributed by atoms with Crippen LogP contribution in [0.1, 0.15) is 5.69 Å². The number of ether oxygens (including phenoxy) is 1. The third-order valence-corrected chi connectivity index (χ3v) is 2.03. The summed E-state index contributed by atoms with van der Waals surface area (Å²) in [5, 5.41) is 16.6. The summed E-state index contributed by atoms with van der Waals surface area (Å²) >= 11 is 0. The van der Waals surface area contributed by atoms with Gasteiger partial charge in [-0.15, -0.1) is 10.2 Å². The molecule has 0 aliphatic carbocycles. The fourth-order valence-corrected chi connectivity index (χ4v) is 1.31. The van der Waals surface area contributed by atoms with Gasteiger partial charge in [-0.05, 0) is 0 Å². The maximum Gasteiger partial charge on any atom is 0.234 e. The molecule has 0 aromatic carbocycles. The maximum atomic E-state index is 11.6. The Hall–Kier alpha value is -2.38. The van der Waals surface area contributed by atoms with Gasteiger partial charge in [-0.2, -0.15) is 0 Å². The Kier molecular flexibility index (Phi) is 3.03. The first-order chi connectivity index (χ1) is 8.17. The van der Waals surface area contributed by atoms with Crippen LogP contribution < -0.4 is 10.1 Å². The number of carbonyl (C=O) groups is 1. The standard InChI is InChI=1S/C9H12N6O2/c1-15-5-6(11-14-15)3-8(16)10-7-4-9(17-2)13-12-7/h4-5H,3H2,1-2H3,(H2,10,12,13,16). The van der Waals surface area contributed by atoms with Gasteiger partial charge in [-0.25, -0.2) is 0 Å². The van der Waals surface area contributed by atoms with E-state index in [0.717, 1.165) is 0 Å². The lowest BCUT2D eigenvalue weighted by Crippen LogP contribution is -2.14. The van der Waals surface area contributed by atoms with Crippen molar-refractivity contribution in [1.82, 2.24) is 25.2 Å². The predicted octanol–water partition coefficient (Wildman–Crippen LogP) is -0.272. The Morgan fingerprint density at radius 3 is 3.06 bits per heavy atom. The molecule has 0 saturated carbocycles. The van der Waals surface area contributed by atoms with Crippen LogP contribution in [0.5, 0.6) is 5.88 Å². The van der Waals surface area contributed by atoms with Crippen molar-refractivity contribution in [1.29, 1.82) is 0 Å². The molecule has 8 nitrogen and oxygen atoms in total. The number of hydrogen-bond acceptors (Lipinski definition) is 5. The van der Waals surface area contributed by atoms with E-state index in [4.69, 9.17) is 4.74 Å². The van der Waals surface area contributed by atoms with Gasteiger partial charge in [-0.3, -0.25) is 14.6 Å². The van der Waals surface area contributed by atoms with Gasteiger partial charge in [0.15, 0.2) is 0 Å². The second kappa shape index (κ2) is 4.64. The number of amides is 1. The van der Waals surface area contributed by atoms with Gasteiger partial charge in [0.05, 0.1) is 19.2 Å². The molecule has 0 radical (unpaired) electrons. The SMILES string of the molecule is COc1cc(NC(=O)Cc2cn(C)nn2)[nH]n1. The minimum absolute atomic E-state index is 0.162. The normalized spacial score (nSPS) is 10.2. The molecule has 0 saturated heterocycles. The molecular formula is C9H12N6O2. The number of methoxy groups -OCH3 is 1. The fourth-order valence-electron chi connectivity index (χ4n) is 1.31. The third-order valence-electron chi connectivity index (χ3n) is 2.03. The Labute approximate surface area is 97.0 Å². The summed E-state index contributed by atoms with van der Waals surface area (Å²) in [4.78, 5) is 11.6. The van der Waals surface area contributed by atoms with Gasteiger partial charge < -0.3 is 10.1 Å². The van der Waals surface area contributed by atoms with Gasteiger partial charge in [-0.1, -0.05) is 5.21 Å². The molecule has 0 aliphatic heterocycles. The number of nitrogens with zero attached hydrogens (tertiary/aromatic N) is 4. The molecule has 90 valence electrons. The molecule has 0 unspecified atom stereocenters. The van der Waals surface area contributed by atoms with Crippen LogP contribution in [0.3, 0.4) is 0 Å². The lowest BCUT2D eigenvalue weighted by atomic mass is 10.3. The van der Waals surface area contributed by atoms with E-state index in [1.165, 1.54) is 7.11 Å². The summed E-state index contributed by atoms with van der Waals surface area (Å²) in [7, 11) is 3.25. The molecule has 2 aromatic heterocycles. The Morgan fingerprint density at radius 2 is 2.47 bits per heavy atom. The molecule has 17 heavy (non-hydrogen) atoms. The van der Waals surface area contributed by atoms with Crippen LogP contribution in [-0.2, 0) is 18.3 Å². The monoisotopic (exact) mass is 236 g/mol. The van der Waals surface area contributed by atoms with Crippen molar-refractivity contribution < 1.29 is 9.53 Å². The van der Waals surface area contributed by atoms with Gasteiger partial charge in [0.2, 0.25) is 11.8 Å². The fraction of sp³-hybridized carbons (Fsp3) is 0.333. The van der Waals surface area contributed by atoms with Gasteiger partial charge in [0.1, 0.15) is 5.82 Å².